The highest BCUT2D eigenvalue weighted by Gasteiger charge is 2.32. The first-order chi connectivity index (χ1) is 16.5. The largest absolute Gasteiger partial charge is 0.416 e. The van der Waals surface area contributed by atoms with Crippen molar-refractivity contribution < 1.29 is 32.6 Å². The number of nitrogens with zero attached hydrogens (tertiary/aromatic N) is 4. The van der Waals surface area contributed by atoms with Gasteiger partial charge in [0.1, 0.15) is 0 Å². The van der Waals surface area contributed by atoms with Gasteiger partial charge in [-0.1, -0.05) is 11.3 Å². The Morgan fingerprint density at radius 2 is 2.09 bits per heavy atom. The molecular weight excluding hydrogens is 490 g/mol. The molecule has 1 aromatic carbocycles. The van der Waals surface area contributed by atoms with Crippen LogP contribution in [0.1, 0.15) is 18.1 Å². The summed E-state index contributed by atoms with van der Waals surface area (Å²) in [5.74, 6) is -0.434. The van der Waals surface area contributed by atoms with Crippen LogP contribution in [0.25, 0.3) is 10.2 Å². The number of piperazine rings is 1. The summed E-state index contributed by atoms with van der Waals surface area (Å²) in [7, 11) is 0. The van der Waals surface area contributed by atoms with Crippen molar-refractivity contribution in [3.63, 3.8) is 0 Å². The van der Waals surface area contributed by atoms with Crippen molar-refractivity contribution in [2.75, 3.05) is 36.5 Å². The van der Waals surface area contributed by atoms with Gasteiger partial charge < -0.3 is 20.0 Å². The predicted octanol–water partition coefficient (Wildman–Crippen LogP) is 3.49. The second-order valence-electron chi connectivity index (χ2n) is 8.31. The van der Waals surface area contributed by atoms with Gasteiger partial charge in [0.05, 0.1) is 28.5 Å². The second-order valence-corrected chi connectivity index (χ2v) is 9.34. The summed E-state index contributed by atoms with van der Waals surface area (Å²) in [6.07, 6.45) is -3.95. The summed E-state index contributed by atoms with van der Waals surface area (Å²) >= 11 is 1.08. The number of amides is 2. The quantitative estimate of drug-likeness (QED) is 0.452. The number of urea groups is 1. The molecule has 1 saturated heterocycles. The molecule has 0 aliphatic carbocycles. The van der Waals surface area contributed by atoms with E-state index in [2.05, 4.69) is 15.3 Å². The van der Waals surface area contributed by atoms with Crippen LogP contribution in [0.15, 0.2) is 30.5 Å². The molecule has 2 unspecified atom stereocenters. The normalized spacial score (nSPS) is 17.6. The Bertz CT molecular complexity index is 1220. The number of halogens is 4. The van der Waals surface area contributed by atoms with E-state index in [1.54, 1.807) is 16.7 Å². The fraction of sp³-hybridized carbons (Fsp3) is 0.409. The standard InChI is InChI=1S/C22H23F4N5O3S/c1-12-10-30(19-16(23)7-13(9-27-19)6-15(33)11-32)4-5-31(12)21(34)29-20-28-17-8-14(22(24,25)26)2-3-18(17)35-20/h2-3,7-9,12,15,32-33H,4-6,10-11H2,1H3,(H,28,29,34). The van der Waals surface area contributed by atoms with E-state index in [9.17, 15) is 27.5 Å². The number of alkyl halides is 3. The maximum atomic E-state index is 14.6. The van der Waals surface area contributed by atoms with Crippen LogP contribution in [0.4, 0.5) is 33.3 Å². The lowest BCUT2D eigenvalue weighted by Gasteiger charge is -2.40. The Kier molecular flexibility index (Phi) is 7.10. The third-order valence-electron chi connectivity index (χ3n) is 5.68. The number of hydrogen-bond donors (Lipinski definition) is 3. The minimum atomic E-state index is -4.48. The van der Waals surface area contributed by atoms with Crippen LogP contribution in [0.2, 0.25) is 0 Å². The number of thiazole rings is 1. The SMILES string of the molecule is CC1CN(c2ncc(CC(O)CO)cc2F)CCN1C(=O)Nc1nc2cc(C(F)(F)F)ccc2s1. The number of aliphatic hydroxyl groups is 2. The van der Waals surface area contributed by atoms with Gasteiger partial charge in [0.2, 0.25) is 0 Å². The molecule has 4 rings (SSSR count). The van der Waals surface area contributed by atoms with Gasteiger partial charge in [-0.15, -0.1) is 0 Å². The molecular formula is C22H23F4N5O3S. The molecule has 1 fully saturated rings. The molecule has 35 heavy (non-hydrogen) atoms. The van der Waals surface area contributed by atoms with Crippen molar-refractivity contribution in [1.29, 1.82) is 0 Å². The molecule has 0 radical (unpaired) electrons. The number of aliphatic hydroxyl groups excluding tert-OH is 2. The third kappa shape index (κ3) is 5.63. The first-order valence-corrected chi connectivity index (χ1v) is 11.6. The Balaban J connectivity index is 1.40. The van der Waals surface area contributed by atoms with Crippen LogP contribution in [0, 0.1) is 5.82 Å². The van der Waals surface area contributed by atoms with Gasteiger partial charge in [-0.3, -0.25) is 5.32 Å². The molecule has 13 heteroatoms. The summed E-state index contributed by atoms with van der Waals surface area (Å²) in [6, 6.07) is 3.75. The van der Waals surface area contributed by atoms with E-state index in [1.165, 1.54) is 18.3 Å². The Hall–Kier alpha value is -3.03. The minimum Gasteiger partial charge on any atom is -0.394 e. The summed E-state index contributed by atoms with van der Waals surface area (Å²) in [5.41, 5.74) is -0.206. The number of pyridine rings is 1. The first kappa shape index (κ1) is 25.1. The summed E-state index contributed by atoms with van der Waals surface area (Å²) in [5, 5.41) is 21.3. The summed E-state index contributed by atoms with van der Waals surface area (Å²) in [6.45, 7) is 2.25. The van der Waals surface area contributed by atoms with E-state index in [0.717, 1.165) is 23.5 Å². The van der Waals surface area contributed by atoms with Crippen LogP contribution in [0.3, 0.4) is 0 Å². The van der Waals surface area contributed by atoms with E-state index in [1.807, 2.05) is 0 Å². The summed E-state index contributed by atoms with van der Waals surface area (Å²) in [4.78, 5) is 24.4. The number of carbonyl (C=O) groups is 1. The lowest BCUT2D eigenvalue weighted by Crippen LogP contribution is -2.55. The van der Waals surface area contributed by atoms with E-state index in [0.29, 0.717) is 23.4 Å². The van der Waals surface area contributed by atoms with Crippen molar-refractivity contribution in [2.24, 2.45) is 0 Å². The lowest BCUT2D eigenvalue weighted by atomic mass is 10.1. The molecule has 1 aliphatic rings. The van der Waals surface area contributed by atoms with Gasteiger partial charge in [0.15, 0.2) is 16.8 Å². The van der Waals surface area contributed by atoms with Crippen LogP contribution in [0.5, 0.6) is 0 Å². The van der Waals surface area contributed by atoms with Crippen LogP contribution >= 0.6 is 11.3 Å². The Morgan fingerprint density at radius 3 is 2.74 bits per heavy atom. The fourth-order valence-electron chi connectivity index (χ4n) is 3.92. The maximum absolute atomic E-state index is 14.6. The van der Waals surface area contributed by atoms with Crippen molar-refractivity contribution in [1.82, 2.24) is 14.9 Å². The molecule has 0 saturated carbocycles. The average molecular weight is 514 g/mol. The molecule has 2 aromatic heterocycles. The number of aromatic nitrogens is 2. The van der Waals surface area contributed by atoms with Gasteiger partial charge in [0, 0.05) is 38.3 Å². The zero-order valence-electron chi connectivity index (χ0n) is 18.6. The Morgan fingerprint density at radius 1 is 1.31 bits per heavy atom. The molecule has 3 heterocycles. The minimum absolute atomic E-state index is 0.0777. The molecule has 3 aromatic rings. The van der Waals surface area contributed by atoms with Gasteiger partial charge >= 0.3 is 12.2 Å². The lowest BCUT2D eigenvalue weighted by molar-refractivity contribution is -0.137. The Labute approximate surface area is 201 Å². The highest BCUT2D eigenvalue weighted by molar-refractivity contribution is 7.22. The van der Waals surface area contributed by atoms with Gasteiger partial charge in [-0.2, -0.15) is 13.2 Å². The summed E-state index contributed by atoms with van der Waals surface area (Å²) < 4.78 is 54.0. The van der Waals surface area contributed by atoms with Gasteiger partial charge in [-0.05, 0) is 36.8 Å². The van der Waals surface area contributed by atoms with Crippen molar-refractivity contribution in [3.8, 4) is 0 Å². The monoisotopic (exact) mass is 513 g/mol. The molecule has 0 bridgehead atoms. The molecule has 3 N–H and O–H groups in total. The molecule has 188 valence electrons. The number of rotatable bonds is 5. The van der Waals surface area contributed by atoms with Crippen LogP contribution in [-0.2, 0) is 12.6 Å². The van der Waals surface area contributed by atoms with E-state index in [-0.39, 0.29) is 35.5 Å². The predicted molar refractivity (Wildman–Crippen MR) is 123 cm³/mol. The number of carbonyl (C=O) groups excluding carboxylic acids is 1. The number of benzene rings is 1. The first-order valence-electron chi connectivity index (χ1n) is 10.8. The number of nitrogens with one attached hydrogen (secondary N) is 1. The molecule has 1 aliphatic heterocycles. The van der Waals surface area contributed by atoms with E-state index < -0.39 is 36.3 Å². The third-order valence-corrected chi connectivity index (χ3v) is 6.63. The molecule has 0 spiro atoms. The van der Waals surface area contributed by atoms with Gasteiger partial charge in [-0.25, -0.2) is 19.2 Å². The van der Waals surface area contributed by atoms with Crippen molar-refractivity contribution >= 4 is 38.5 Å². The van der Waals surface area contributed by atoms with Crippen molar-refractivity contribution in [2.45, 2.75) is 31.7 Å². The van der Waals surface area contributed by atoms with Crippen LogP contribution < -0.4 is 10.2 Å². The number of anilines is 2. The average Bonchev–Trinajstić information content (AvgIpc) is 3.19. The highest BCUT2D eigenvalue weighted by Crippen LogP contribution is 2.34. The second kappa shape index (κ2) is 9.91. The smallest absolute Gasteiger partial charge is 0.394 e. The molecule has 8 nitrogen and oxygen atoms in total. The van der Waals surface area contributed by atoms with E-state index >= 15 is 0 Å². The zero-order chi connectivity index (χ0) is 25.3. The molecule has 2 atom stereocenters. The fourth-order valence-corrected chi connectivity index (χ4v) is 4.76. The number of fused-ring (bicyclic) bond motifs is 1. The zero-order valence-corrected chi connectivity index (χ0v) is 19.4. The van der Waals surface area contributed by atoms with Crippen LogP contribution in [-0.4, -0.2) is 69.5 Å². The molecule has 2 amide bonds. The van der Waals surface area contributed by atoms with Crippen molar-refractivity contribution in [3.05, 3.63) is 47.4 Å². The van der Waals surface area contributed by atoms with Gasteiger partial charge in [0.25, 0.3) is 0 Å². The maximum Gasteiger partial charge on any atom is 0.416 e. The number of hydrogen-bond acceptors (Lipinski definition) is 7. The van der Waals surface area contributed by atoms with E-state index in [4.69, 9.17) is 5.11 Å². The highest BCUT2D eigenvalue weighted by atomic mass is 32.1. The topological polar surface area (TPSA) is 102 Å².